The molecule has 0 radical (unpaired) electrons. The molecule has 0 saturated heterocycles. The number of benzene rings is 2. The number of ether oxygens (including phenoxy) is 1. The first kappa shape index (κ1) is 17.9. The molecule has 0 aliphatic carbocycles. The van der Waals surface area contributed by atoms with Gasteiger partial charge in [0.05, 0.1) is 18.8 Å². The van der Waals surface area contributed by atoms with E-state index in [1.807, 2.05) is 48.3 Å². The summed E-state index contributed by atoms with van der Waals surface area (Å²) in [5, 5.41) is 8.05. The number of hydrogen-bond donors (Lipinski definition) is 1. The standard InChI is InChI=1S/C19H21N5OS/c1-14(15-4-8-17(9-5-15)24-13-20-12-21-24)23(2)19(26)22-16-6-10-18(25-3)11-7-16/h4-14H,1-3H3,(H,22,26)/t14-/m0/s1. The third-order valence-electron chi connectivity index (χ3n) is 4.30. The van der Waals surface area contributed by atoms with Gasteiger partial charge in [-0.1, -0.05) is 12.1 Å². The minimum absolute atomic E-state index is 0.123. The predicted octanol–water partition coefficient (Wildman–Crippen LogP) is 3.67. The van der Waals surface area contributed by atoms with Gasteiger partial charge in [0.25, 0.3) is 0 Å². The molecular weight excluding hydrogens is 346 g/mol. The minimum atomic E-state index is 0.123. The van der Waals surface area contributed by atoms with E-state index >= 15 is 0 Å². The molecule has 7 heteroatoms. The average molecular weight is 367 g/mol. The zero-order chi connectivity index (χ0) is 18.5. The van der Waals surface area contributed by atoms with Crippen molar-refractivity contribution in [2.45, 2.75) is 13.0 Å². The molecule has 0 aliphatic rings. The molecule has 0 unspecified atom stereocenters. The molecule has 26 heavy (non-hydrogen) atoms. The van der Waals surface area contributed by atoms with Crippen LogP contribution in [0.15, 0.2) is 61.2 Å². The minimum Gasteiger partial charge on any atom is -0.497 e. The van der Waals surface area contributed by atoms with E-state index in [0.717, 1.165) is 22.7 Å². The lowest BCUT2D eigenvalue weighted by molar-refractivity contribution is 0.408. The van der Waals surface area contributed by atoms with Crippen LogP contribution in [-0.4, -0.2) is 38.9 Å². The van der Waals surface area contributed by atoms with Gasteiger partial charge in [0, 0.05) is 12.7 Å². The lowest BCUT2D eigenvalue weighted by atomic mass is 10.1. The number of aromatic nitrogens is 3. The maximum Gasteiger partial charge on any atom is 0.173 e. The number of methoxy groups -OCH3 is 1. The molecule has 0 saturated carbocycles. The fourth-order valence-electron chi connectivity index (χ4n) is 2.53. The van der Waals surface area contributed by atoms with Crippen molar-refractivity contribution < 1.29 is 4.74 Å². The molecule has 1 N–H and O–H groups in total. The van der Waals surface area contributed by atoms with Crippen LogP contribution in [0.5, 0.6) is 5.75 Å². The third kappa shape index (κ3) is 4.00. The zero-order valence-electron chi connectivity index (χ0n) is 15.0. The van der Waals surface area contributed by atoms with E-state index in [1.54, 1.807) is 18.1 Å². The van der Waals surface area contributed by atoms with Crippen LogP contribution in [0.4, 0.5) is 5.69 Å². The maximum atomic E-state index is 5.55. The molecule has 2 aromatic carbocycles. The Hall–Kier alpha value is -2.93. The van der Waals surface area contributed by atoms with Gasteiger partial charge in [-0.05, 0) is 61.1 Å². The Bertz CT molecular complexity index is 847. The predicted molar refractivity (Wildman–Crippen MR) is 107 cm³/mol. The van der Waals surface area contributed by atoms with Gasteiger partial charge >= 0.3 is 0 Å². The Morgan fingerprint density at radius 2 is 1.85 bits per heavy atom. The van der Waals surface area contributed by atoms with E-state index in [1.165, 1.54) is 6.33 Å². The number of thiocarbonyl (C=S) groups is 1. The van der Waals surface area contributed by atoms with Gasteiger partial charge in [-0.25, -0.2) is 9.67 Å². The quantitative estimate of drug-likeness (QED) is 0.695. The van der Waals surface area contributed by atoms with Crippen LogP contribution in [0.2, 0.25) is 0 Å². The highest BCUT2D eigenvalue weighted by Crippen LogP contribution is 2.22. The van der Waals surface area contributed by atoms with Crippen LogP contribution in [-0.2, 0) is 0 Å². The molecular formula is C19H21N5OS. The summed E-state index contributed by atoms with van der Waals surface area (Å²) >= 11 is 5.55. The van der Waals surface area contributed by atoms with Crippen molar-refractivity contribution in [3.05, 3.63) is 66.7 Å². The Morgan fingerprint density at radius 3 is 2.42 bits per heavy atom. The van der Waals surface area contributed by atoms with Gasteiger partial charge in [-0.2, -0.15) is 5.10 Å². The molecule has 1 aromatic heterocycles. The average Bonchev–Trinajstić information content (AvgIpc) is 3.22. The van der Waals surface area contributed by atoms with Gasteiger partial charge < -0.3 is 15.0 Å². The summed E-state index contributed by atoms with van der Waals surface area (Å²) in [4.78, 5) is 6.00. The lowest BCUT2D eigenvalue weighted by Crippen LogP contribution is -2.33. The summed E-state index contributed by atoms with van der Waals surface area (Å²) in [6.07, 6.45) is 3.20. The Balaban J connectivity index is 1.66. The number of rotatable bonds is 5. The topological polar surface area (TPSA) is 55.2 Å². The van der Waals surface area contributed by atoms with Crippen molar-refractivity contribution in [3.8, 4) is 11.4 Å². The molecule has 134 valence electrons. The van der Waals surface area contributed by atoms with Crippen LogP contribution in [0, 0.1) is 0 Å². The lowest BCUT2D eigenvalue weighted by Gasteiger charge is -2.28. The molecule has 3 rings (SSSR count). The highest BCUT2D eigenvalue weighted by molar-refractivity contribution is 7.80. The molecule has 0 aliphatic heterocycles. The largest absolute Gasteiger partial charge is 0.497 e. The number of hydrogen-bond acceptors (Lipinski definition) is 4. The second kappa shape index (κ2) is 7.97. The molecule has 1 heterocycles. The van der Waals surface area contributed by atoms with Gasteiger partial charge in [0.15, 0.2) is 5.11 Å². The van der Waals surface area contributed by atoms with Crippen LogP contribution in [0.1, 0.15) is 18.5 Å². The van der Waals surface area contributed by atoms with E-state index in [0.29, 0.717) is 5.11 Å². The molecule has 3 aromatic rings. The smallest absolute Gasteiger partial charge is 0.173 e. The van der Waals surface area contributed by atoms with Crippen molar-refractivity contribution in [1.29, 1.82) is 0 Å². The first-order valence-corrected chi connectivity index (χ1v) is 8.62. The van der Waals surface area contributed by atoms with Gasteiger partial charge in [0.2, 0.25) is 0 Å². The van der Waals surface area contributed by atoms with E-state index in [9.17, 15) is 0 Å². The molecule has 6 nitrogen and oxygen atoms in total. The van der Waals surface area contributed by atoms with E-state index < -0.39 is 0 Å². The van der Waals surface area contributed by atoms with Gasteiger partial charge in [-0.3, -0.25) is 0 Å². The first-order chi connectivity index (χ1) is 12.6. The molecule has 1 atom stereocenters. The van der Waals surface area contributed by atoms with Crippen molar-refractivity contribution in [1.82, 2.24) is 19.7 Å². The Labute approximate surface area is 158 Å². The summed E-state index contributed by atoms with van der Waals surface area (Å²) in [6.45, 7) is 2.12. The van der Waals surface area contributed by atoms with E-state index in [-0.39, 0.29) is 6.04 Å². The number of anilines is 1. The second-order valence-electron chi connectivity index (χ2n) is 5.88. The number of nitrogens with zero attached hydrogens (tertiary/aromatic N) is 4. The van der Waals surface area contributed by atoms with E-state index in [4.69, 9.17) is 17.0 Å². The normalized spacial score (nSPS) is 11.7. The SMILES string of the molecule is COc1ccc(NC(=S)N(C)[C@@H](C)c2ccc(-n3cncn3)cc2)cc1. The zero-order valence-corrected chi connectivity index (χ0v) is 15.8. The van der Waals surface area contributed by atoms with Crippen molar-refractivity contribution in [2.75, 3.05) is 19.5 Å². The number of nitrogens with one attached hydrogen (secondary N) is 1. The summed E-state index contributed by atoms with van der Waals surface area (Å²) < 4.78 is 6.90. The molecule has 0 fully saturated rings. The van der Waals surface area contributed by atoms with Crippen LogP contribution < -0.4 is 10.1 Å². The Kier molecular flexibility index (Phi) is 5.48. The van der Waals surface area contributed by atoms with Gasteiger partial charge in [-0.15, -0.1) is 0 Å². The third-order valence-corrected chi connectivity index (χ3v) is 4.69. The summed E-state index contributed by atoms with van der Waals surface area (Å²) in [6, 6.07) is 16.0. The van der Waals surface area contributed by atoms with E-state index in [2.05, 4.69) is 34.5 Å². The van der Waals surface area contributed by atoms with Crippen molar-refractivity contribution in [2.24, 2.45) is 0 Å². The van der Waals surface area contributed by atoms with Crippen molar-refractivity contribution in [3.63, 3.8) is 0 Å². The summed E-state index contributed by atoms with van der Waals surface area (Å²) in [5.74, 6) is 0.815. The first-order valence-electron chi connectivity index (χ1n) is 8.21. The fraction of sp³-hybridized carbons (Fsp3) is 0.211. The monoisotopic (exact) mass is 367 g/mol. The molecule has 0 bridgehead atoms. The molecule has 0 spiro atoms. The van der Waals surface area contributed by atoms with Crippen LogP contribution in [0.3, 0.4) is 0 Å². The summed E-state index contributed by atoms with van der Waals surface area (Å²) in [7, 11) is 3.63. The molecule has 0 amide bonds. The highest BCUT2D eigenvalue weighted by atomic mass is 32.1. The second-order valence-corrected chi connectivity index (χ2v) is 6.26. The fourth-order valence-corrected chi connectivity index (χ4v) is 2.81. The Morgan fingerprint density at radius 1 is 1.15 bits per heavy atom. The van der Waals surface area contributed by atoms with Gasteiger partial charge in [0.1, 0.15) is 18.4 Å². The van der Waals surface area contributed by atoms with Crippen LogP contribution in [0.25, 0.3) is 5.69 Å². The maximum absolute atomic E-state index is 5.55. The highest BCUT2D eigenvalue weighted by Gasteiger charge is 2.15. The van der Waals surface area contributed by atoms with Crippen molar-refractivity contribution >= 4 is 23.0 Å². The van der Waals surface area contributed by atoms with Crippen LogP contribution >= 0.6 is 12.2 Å². The summed E-state index contributed by atoms with van der Waals surface area (Å²) in [5.41, 5.74) is 3.06.